The molecule has 0 spiro atoms. The van der Waals surface area contributed by atoms with E-state index in [9.17, 15) is 4.79 Å². The molecular weight excluding hydrogens is 256 g/mol. The van der Waals surface area contributed by atoms with Crippen LogP contribution in [-0.4, -0.2) is 48.5 Å². The number of hydrogen-bond acceptors (Lipinski definition) is 4. The van der Waals surface area contributed by atoms with Crippen LogP contribution in [0, 0.1) is 5.92 Å². The van der Waals surface area contributed by atoms with Crippen molar-refractivity contribution in [3.63, 3.8) is 0 Å². The Hall–Kier alpha value is -1.40. The van der Waals surface area contributed by atoms with Crippen LogP contribution in [0.5, 0.6) is 0 Å². The second-order valence-electron chi connectivity index (χ2n) is 5.25. The third kappa shape index (κ3) is 4.05. The van der Waals surface area contributed by atoms with Gasteiger partial charge < -0.3 is 15.4 Å². The number of ether oxygens (including phenoxy) is 1. The highest BCUT2D eigenvalue weighted by Gasteiger charge is 2.16. The monoisotopic (exact) mass is 280 g/mol. The van der Waals surface area contributed by atoms with Crippen molar-refractivity contribution in [2.45, 2.75) is 19.8 Å². The molecule has 6 nitrogen and oxygen atoms in total. The van der Waals surface area contributed by atoms with E-state index >= 15 is 0 Å². The van der Waals surface area contributed by atoms with Crippen LogP contribution in [0.2, 0.25) is 0 Å². The second-order valence-corrected chi connectivity index (χ2v) is 5.25. The fourth-order valence-electron chi connectivity index (χ4n) is 2.34. The van der Waals surface area contributed by atoms with E-state index in [4.69, 9.17) is 4.74 Å². The molecular formula is C14H24N4O2. The molecule has 1 atom stereocenters. The summed E-state index contributed by atoms with van der Waals surface area (Å²) in [6.45, 7) is 5.93. The minimum atomic E-state index is -0.0633. The maximum atomic E-state index is 12.2. The van der Waals surface area contributed by atoms with Crippen molar-refractivity contribution in [3.8, 4) is 0 Å². The van der Waals surface area contributed by atoms with Gasteiger partial charge in [0.2, 0.25) is 0 Å². The van der Waals surface area contributed by atoms with Gasteiger partial charge >= 0.3 is 0 Å². The molecule has 1 aliphatic rings. The van der Waals surface area contributed by atoms with Gasteiger partial charge in [-0.2, -0.15) is 5.10 Å². The third-order valence-electron chi connectivity index (χ3n) is 3.43. The van der Waals surface area contributed by atoms with Crippen LogP contribution in [0.3, 0.4) is 0 Å². The van der Waals surface area contributed by atoms with Crippen LogP contribution in [0.25, 0.3) is 0 Å². The van der Waals surface area contributed by atoms with E-state index in [-0.39, 0.29) is 5.91 Å². The van der Waals surface area contributed by atoms with Crippen LogP contribution < -0.4 is 10.6 Å². The Labute approximate surface area is 119 Å². The van der Waals surface area contributed by atoms with Gasteiger partial charge in [0.05, 0.1) is 18.9 Å². The van der Waals surface area contributed by atoms with E-state index in [0.717, 1.165) is 38.2 Å². The number of amides is 1. The van der Waals surface area contributed by atoms with Gasteiger partial charge in [0, 0.05) is 32.6 Å². The first kappa shape index (κ1) is 15.0. The van der Waals surface area contributed by atoms with Crippen LogP contribution >= 0.6 is 0 Å². The van der Waals surface area contributed by atoms with E-state index in [1.165, 1.54) is 0 Å². The van der Waals surface area contributed by atoms with Crippen molar-refractivity contribution in [1.82, 2.24) is 20.4 Å². The topological polar surface area (TPSA) is 68.2 Å². The van der Waals surface area contributed by atoms with Crippen molar-refractivity contribution < 1.29 is 9.53 Å². The molecule has 1 amide bonds. The number of aryl methyl sites for hydroxylation is 2. The van der Waals surface area contributed by atoms with Gasteiger partial charge in [0.15, 0.2) is 0 Å². The Bertz CT molecular complexity index is 436. The van der Waals surface area contributed by atoms with Gasteiger partial charge in [-0.05, 0) is 12.5 Å². The van der Waals surface area contributed by atoms with Gasteiger partial charge in [-0.15, -0.1) is 0 Å². The van der Waals surface area contributed by atoms with E-state index < -0.39 is 0 Å². The smallest absolute Gasteiger partial charge is 0.269 e. The molecule has 112 valence electrons. The molecule has 1 aliphatic heterocycles. The fourth-order valence-corrected chi connectivity index (χ4v) is 2.34. The summed E-state index contributed by atoms with van der Waals surface area (Å²) >= 11 is 0. The maximum Gasteiger partial charge on any atom is 0.269 e. The molecule has 0 saturated carbocycles. The molecule has 1 aromatic heterocycles. The van der Waals surface area contributed by atoms with Crippen LogP contribution in [-0.2, 0) is 18.2 Å². The molecule has 1 fully saturated rings. The van der Waals surface area contributed by atoms with Gasteiger partial charge in [-0.1, -0.05) is 13.3 Å². The number of aromatic nitrogens is 2. The van der Waals surface area contributed by atoms with E-state index in [0.29, 0.717) is 24.8 Å². The summed E-state index contributed by atoms with van der Waals surface area (Å²) in [5.41, 5.74) is 1.59. The first-order valence-electron chi connectivity index (χ1n) is 7.30. The summed E-state index contributed by atoms with van der Waals surface area (Å²) < 4.78 is 7.13. The maximum absolute atomic E-state index is 12.2. The number of carbonyl (C=O) groups excluding carboxylic acids is 1. The quantitative estimate of drug-likeness (QED) is 0.816. The number of nitrogens with one attached hydrogen (secondary N) is 2. The average Bonchev–Trinajstić information content (AvgIpc) is 2.65. The lowest BCUT2D eigenvalue weighted by Gasteiger charge is -2.14. The van der Waals surface area contributed by atoms with E-state index in [1.54, 1.807) is 4.68 Å². The summed E-state index contributed by atoms with van der Waals surface area (Å²) in [4.78, 5) is 12.2. The average molecular weight is 280 g/mol. The fraction of sp³-hybridized carbons (Fsp3) is 0.714. The first-order chi connectivity index (χ1) is 9.70. The van der Waals surface area contributed by atoms with Crippen LogP contribution in [0.15, 0.2) is 6.07 Å². The molecule has 6 heteroatoms. The highest BCUT2D eigenvalue weighted by molar-refractivity contribution is 5.92. The molecule has 2 N–H and O–H groups in total. The SMILES string of the molecule is CCCc1cc(C(=O)NC[C@H]2CNCCOC2)n(C)n1. The minimum absolute atomic E-state index is 0.0633. The number of nitrogens with zero attached hydrogens (tertiary/aromatic N) is 2. The summed E-state index contributed by atoms with van der Waals surface area (Å²) in [5.74, 6) is 0.261. The lowest BCUT2D eigenvalue weighted by Crippen LogP contribution is -2.35. The molecule has 0 radical (unpaired) electrons. The van der Waals surface area contributed by atoms with Crippen molar-refractivity contribution in [2.24, 2.45) is 13.0 Å². The van der Waals surface area contributed by atoms with Crippen molar-refractivity contribution in [3.05, 3.63) is 17.5 Å². The van der Waals surface area contributed by atoms with Crippen molar-refractivity contribution in [1.29, 1.82) is 0 Å². The van der Waals surface area contributed by atoms with Gasteiger partial charge in [-0.3, -0.25) is 9.48 Å². The number of carbonyl (C=O) groups is 1. The second kappa shape index (κ2) is 7.40. The van der Waals surface area contributed by atoms with E-state index in [2.05, 4.69) is 22.7 Å². The molecule has 1 aromatic rings. The summed E-state index contributed by atoms with van der Waals surface area (Å²) in [7, 11) is 1.81. The molecule has 2 rings (SSSR count). The zero-order chi connectivity index (χ0) is 14.4. The zero-order valence-corrected chi connectivity index (χ0v) is 12.3. The lowest BCUT2D eigenvalue weighted by molar-refractivity contribution is 0.0912. The molecule has 1 saturated heterocycles. The third-order valence-corrected chi connectivity index (χ3v) is 3.43. The lowest BCUT2D eigenvalue weighted by atomic mass is 10.1. The Morgan fingerprint density at radius 3 is 3.30 bits per heavy atom. The molecule has 0 aliphatic carbocycles. The molecule has 0 aromatic carbocycles. The van der Waals surface area contributed by atoms with Gasteiger partial charge in [0.25, 0.3) is 5.91 Å². The van der Waals surface area contributed by atoms with Gasteiger partial charge in [-0.25, -0.2) is 0 Å². The Balaban J connectivity index is 1.87. The number of hydrogen-bond donors (Lipinski definition) is 2. The molecule has 0 bridgehead atoms. The summed E-state index contributed by atoms with van der Waals surface area (Å²) in [6.07, 6.45) is 1.94. The highest BCUT2D eigenvalue weighted by atomic mass is 16.5. The Morgan fingerprint density at radius 2 is 2.50 bits per heavy atom. The van der Waals surface area contributed by atoms with Gasteiger partial charge in [0.1, 0.15) is 5.69 Å². The van der Waals surface area contributed by atoms with E-state index in [1.807, 2.05) is 13.1 Å². The summed E-state index contributed by atoms with van der Waals surface area (Å²) in [5, 5.41) is 10.6. The zero-order valence-electron chi connectivity index (χ0n) is 12.3. The predicted octanol–water partition coefficient (Wildman–Crippen LogP) is 0.338. The first-order valence-corrected chi connectivity index (χ1v) is 7.30. The Kier molecular flexibility index (Phi) is 5.55. The molecule has 0 unspecified atom stereocenters. The summed E-state index contributed by atoms with van der Waals surface area (Å²) in [6, 6.07) is 1.88. The molecule has 20 heavy (non-hydrogen) atoms. The highest BCUT2D eigenvalue weighted by Crippen LogP contribution is 2.06. The van der Waals surface area contributed by atoms with Crippen molar-refractivity contribution in [2.75, 3.05) is 32.8 Å². The minimum Gasteiger partial charge on any atom is -0.380 e. The molecule has 2 heterocycles. The normalized spacial score (nSPS) is 19.6. The number of rotatable bonds is 5. The van der Waals surface area contributed by atoms with Crippen molar-refractivity contribution >= 4 is 5.91 Å². The largest absolute Gasteiger partial charge is 0.380 e. The van der Waals surface area contributed by atoms with Crippen LogP contribution in [0.1, 0.15) is 29.5 Å². The standard InChI is InChI=1S/C14H24N4O2/c1-3-4-12-7-13(18(2)17-12)14(19)16-9-11-8-15-5-6-20-10-11/h7,11,15H,3-6,8-10H2,1-2H3,(H,16,19)/t11-/m1/s1. The van der Waals surface area contributed by atoms with Crippen LogP contribution in [0.4, 0.5) is 0 Å². The predicted molar refractivity (Wildman–Crippen MR) is 76.7 cm³/mol. The Morgan fingerprint density at radius 1 is 1.65 bits per heavy atom.